The van der Waals surface area contributed by atoms with Crippen molar-refractivity contribution >= 4 is 17.7 Å². The Kier molecular flexibility index (Phi) is 7.70. The Morgan fingerprint density at radius 3 is 2.72 bits per heavy atom. The maximum atomic E-state index is 11.9. The summed E-state index contributed by atoms with van der Waals surface area (Å²) < 4.78 is 0. The van der Waals surface area contributed by atoms with Gasteiger partial charge in [-0.25, -0.2) is 0 Å². The van der Waals surface area contributed by atoms with Crippen molar-refractivity contribution in [1.82, 2.24) is 10.2 Å². The Bertz CT molecular complexity index is 242. The molecule has 1 heterocycles. The number of piperidine rings is 1. The van der Waals surface area contributed by atoms with Crippen LogP contribution in [0.15, 0.2) is 0 Å². The molecule has 0 aromatic rings. The number of likely N-dealkylation sites (tertiary alicyclic amines) is 1. The maximum absolute atomic E-state index is 11.9. The second-order valence-electron chi connectivity index (χ2n) is 5.01. The van der Waals surface area contributed by atoms with Gasteiger partial charge >= 0.3 is 0 Å². The zero-order valence-electron chi connectivity index (χ0n) is 11.7. The highest BCUT2D eigenvalue weighted by Crippen LogP contribution is 2.11. The molecule has 0 spiro atoms. The first-order chi connectivity index (χ1) is 8.67. The van der Waals surface area contributed by atoms with Crippen LogP contribution in [0, 0.1) is 0 Å². The van der Waals surface area contributed by atoms with Gasteiger partial charge in [0.05, 0.1) is 6.04 Å². The molecule has 18 heavy (non-hydrogen) atoms. The van der Waals surface area contributed by atoms with Crippen molar-refractivity contribution in [1.29, 1.82) is 0 Å². The first-order valence-corrected chi connectivity index (χ1v) is 8.34. The molecular weight excluding hydrogens is 246 g/mol. The normalized spacial score (nSPS) is 19.7. The van der Waals surface area contributed by atoms with E-state index in [1.807, 2.05) is 6.26 Å². The number of carbonyl (C=O) groups is 1. The molecule has 1 aliphatic heterocycles. The molecule has 0 saturated carbocycles. The highest BCUT2D eigenvalue weighted by molar-refractivity contribution is 7.98. The number of nitrogens with two attached hydrogens (primary N) is 1. The highest BCUT2D eigenvalue weighted by Gasteiger charge is 2.22. The molecule has 1 saturated heterocycles. The molecule has 0 aromatic heterocycles. The fourth-order valence-corrected chi connectivity index (χ4v) is 2.79. The third-order valence-corrected chi connectivity index (χ3v) is 4.09. The topological polar surface area (TPSA) is 58.4 Å². The quantitative estimate of drug-likeness (QED) is 0.728. The van der Waals surface area contributed by atoms with Gasteiger partial charge < -0.3 is 16.0 Å². The van der Waals surface area contributed by atoms with E-state index in [9.17, 15) is 4.79 Å². The number of nitrogens with zero attached hydrogens (tertiary/aromatic N) is 1. The van der Waals surface area contributed by atoms with Crippen molar-refractivity contribution in [2.75, 3.05) is 31.6 Å². The van der Waals surface area contributed by atoms with E-state index in [0.29, 0.717) is 6.04 Å². The van der Waals surface area contributed by atoms with Crippen molar-refractivity contribution in [3.63, 3.8) is 0 Å². The maximum Gasteiger partial charge on any atom is 0.237 e. The highest BCUT2D eigenvalue weighted by atomic mass is 32.2. The molecule has 1 atom stereocenters. The Balaban J connectivity index is 2.21. The lowest BCUT2D eigenvalue weighted by Crippen LogP contribution is -2.49. The fraction of sp³-hybridized carbons (Fsp3) is 0.923. The van der Waals surface area contributed by atoms with Gasteiger partial charge in [0, 0.05) is 19.1 Å². The number of rotatable bonds is 7. The monoisotopic (exact) mass is 273 g/mol. The van der Waals surface area contributed by atoms with Crippen LogP contribution in [0.4, 0.5) is 0 Å². The molecule has 4 nitrogen and oxygen atoms in total. The molecule has 1 fully saturated rings. The molecule has 0 unspecified atom stereocenters. The van der Waals surface area contributed by atoms with Crippen LogP contribution in [0.2, 0.25) is 0 Å². The van der Waals surface area contributed by atoms with Gasteiger partial charge in [-0.2, -0.15) is 11.8 Å². The molecule has 1 aliphatic rings. The van der Waals surface area contributed by atoms with Crippen molar-refractivity contribution in [2.24, 2.45) is 5.73 Å². The summed E-state index contributed by atoms with van der Waals surface area (Å²) in [5, 5.41) is 3.09. The third-order valence-electron chi connectivity index (χ3n) is 3.44. The van der Waals surface area contributed by atoms with E-state index in [4.69, 9.17) is 5.73 Å². The average molecular weight is 273 g/mol. The molecule has 1 amide bonds. The van der Waals surface area contributed by atoms with E-state index in [-0.39, 0.29) is 11.9 Å². The van der Waals surface area contributed by atoms with Gasteiger partial charge in [-0.15, -0.1) is 0 Å². The summed E-state index contributed by atoms with van der Waals surface area (Å²) in [7, 11) is 0. The molecule has 106 valence electrons. The van der Waals surface area contributed by atoms with E-state index < -0.39 is 0 Å². The smallest absolute Gasteiger partial charge is 0.237 e. The number of amides is 1. The molecular formula is C13H27N3OS. The first-order valence-electron chi connectivity index (χ1n) is 6.94. The SMILES string of the molecule is CCCN1CCC(NC(=O)[C@H](N)CCSC)CC1. The van der Waals surface area contributed by atoms with Crippen molar-refractivity contribution in [2.45, 2.75) is 44.7 Å². The standard InChI is InChI=1S/C13H27N3OS/c1-3-7-16-8-4-11(5-9-16)15-13(17)12(14)6-10-18-2/h11-12H,3-10,14H2,1-2H3,(H,15,17)/t12-/m1/s1. The van der Waals surface area contributed by atoms with E-state index in [0.717, 1.165) is 38.1 Å². The zero-order valence-corrected chi connectivity index (χ0v) is 12.5. The Morgan fingerprint density at radius 2 is 2.17 bits per heavy atom. The van der Waals surface area contributed by atoms with Crippen molar-refractivity contribution in [3.05, 3.63) is 0 Å². The summed E-state index contributed by atoms with van der Waals surface area (Å²) in [6.07, 6.45) is 6.12. The summed E-state index contributed by atoms with van der Waals surface area (Å²) in [4.78, 5) is 14.3. The molecule has 1 rings (SSSR count). The Hall–Kier alpha value is -0.260. The summed E-state index contributed by atoms with van der Waals surface area (Å²) in [5.74, 6) is 0.974. The van der Waals surface area contributed by atoms with Crippen LogP contribution < -0.4 is 11.1 Å². The minimum Gasteiger partial charge on any atom is -0.352 e. The molecule has 0 radical (unpaired) electrons. The van der Waals surface area contributed by atoms with Crippen LogP contribution in [0.5, 0.6) is 0 Å². The number of hydrogen-bond acceptors (Lipinski definition) is 4. The van der Waals surface area contributed by atoms with Gasteiger partial charge in [-0.3, -0.25) is 4.79 Å². The number of thioether (sulfide) groups is 1. The zero-order chi connectivity index (χ0) is 13.4. The van der Waals surface area contributed by atoms with Crippen molar-refractivity contribution < 1.29 is 4.79 Å². The van der Waals surface area contributed by atoms with Crippen molar-refractivity contribution in [3.8, 4) is 0 Å². The molecule has 0 aromatic carbocycles. The predicted molar refractivity (Wildman–Crippen MR) is 78.9 cm³/mol. The van der Waals surface area contributed by atoms with Gasteiger partial charge in [0.25, 0.3) is 0 Å². The Labute approximate surface area is 115 Å². The summed E-state index contributed by atoms with van der Waals surface area (Å²) >= 11 is 1.73. The average Bonchev–Trinajstić information content (AvgIpc) is 2.38. The lowest BCUT2D eigenvalue weighted by molar-refractivity contribution is -0.123. The third kappa shape index (κ3) is 5.59. The van der Waals surface area contributed by atoms with Crippen LogP contribution in [0.3, 0.4) is 0 Å². The summed E-state index contributed by atoms with van der Waals surface area (Å²) in [5.41, 5.74) is 5.86. The minimum atomic E-state index is -0.342. The van der Waals surface area contributed by atoms with Gasteiger partial charge in [-0.05, 0) is 44.2 Å². The first kappa shape index (κ1) is 15.8. The van der Waals surface area contributed by atoms with Crippen LogP contribution in [0.1, 0.15) is 32.6 Å². The second-order valence-corrected chi connectivity index (χ2v) is 6.00. The van der Waals surface area contributed by atoms with E-state index in [2.05, 4.69) is 17.1 Å². The second kappa shape index (κ2) is 8.77. The van der Waals surface area contributed by atoms with Gasteiger partial charge in [0.15, 0.2) is 0 Å². The molecule has 3 N–H and O–H groups in total. The van der Waals surface area contributed by atoms with Gasteiger partial charge in [0.2, 0.25) is 5.91 Å². The summed E-state index contributed by atoms with van der Waals surface area (Å²) in [6.45, 7) is 5.57. The minimum absolute atomic E-state index is 0.0259. The fourth-order valence-electron chi connectivity index (χ4n) is 2.30. The number of nitrogens with one attached hydrogen (secondary N) is 1. The summed E-state index contributed by atoms with van der Waals surface area (Å²) in [6, 6.07) is -0.0166. The lowest BCUT2D eigenvalue weighted by Gasteiger charge is -2.32. The van der Waals surface area contributed by atoms with Crippen LogP contribution in [-0.4, -0.2) is 54.5 Å². The van der Waals surface area contributed by atoms with Crippen LogP contribution in [-0.2, 0) is 4.79 Å². The molecule has 5 heteroatoms. The molecule has 0 bridgehead atoms. The predicted octanol–water partition coefficient (Wildman–Crippen LogP) is 1.06. The molecule has 0 aliphatic carbocycles. The van der Waals surface area contributed by atoms with E-state index in [1.165, 1.54) is 13.0 Å². The van der Waals surface area contributed by atoms with Crippen LogP contribution in [0.25, 0.3) is 0 Å². The Morgan fingerprint density at radius 1 is 1.50 bits per heavy atom. The van der Waals surface area contributed by atoms with E-state index in [1.54, 1.807) is 11.8 Å². The lowest BCUT2D eigenvalue weighted by atomic mass is 10.0. The number of hydrogen-bond donors (Lipinski definition) is 2. The largest absolute Gasteiger partial charge is 0.352 e. The van der Waals surface area contributed by atoms with Gasteiger partial charge in [-0.1, -0.05) is 6.92 Å². The number of carbonyl (C=O) groups excluding carboxylic acids is 1. The van der Waals surface area contributed by atoms with E-state index >= 15 is 0 Å². The van der Waals surface area contributed by atoms with Crippen LogP contribution >= 0.6 is 11.8 Å². The van der Waals surface area contributed by atoms with Gasteiger partial charge in [0.1, 0.15) is 0 Å².